The van der Waals surface area contributed by atoms with E-state index in [1.807, 2.05) is 71.7 Å². The molecule has 0 N–H and O–H groups in total. The van der Waals surface area contributed by atoms with E-state index in [9.17, 15) is 5.11 Å². The monoisotopic (exact) mass is 223 g/mol. The molecule has 0 aliphatic heterocycles. The molecule has 1 aromatic heterocycles. The van der Waals surface area contributed by atoms with E-state index in [0.29, 0.717) is 0 Å². The van der Waals surface area contributed by atoms with Gasteiger partial charge in [0, 0.05) is 18.2 Å². The second kappa shape index (κ2) is 5.66. The largest absolute Gasteiger partial charge is 0.872 e. The van der Waals surface area contributed by atoms with Crippen LogP contribution in [-0.2, 0) is 0 Å². The lowest BCUT2D eigenvalue weighted by Crippen LogP contribution is -2.23. The molecule has 0 radical (unpaired) electrons. The van der Waals surface area contributed by atoms with Crippen LogP contribution in [0.2, 0.25) is 0 Å². The van der Waals surface area contributed by atoms with Crippen LogP contribution in [0.1, 0.15) is 5.56 Å². The number of allylic oxidation sites excluding steroid dienone is 2. The van der Waals surface area contributed by atoms with E-state index in [1.54, 1.807) is 12.1 Å². The van der Waals surface area contributed by atoms with Crippen molar-refractivity contribution in [3.8, 4) is 5.75 Å². The zero-order chi connectivity index (χ0) is 11.9. The minimum Gasteiger partial charge on any atom is -0.872 e. The van der Waals surface area contributed by atoms with Crippen molar-refractivity contribution in [2.75, 3.05) is 0 Å². The van der Waals surface area contributed by atoms with Crippen molar-refractivity contribution in [2.45, 2.75) is 0 Å². The van der Waals surface area contributed by atoms with Crippen molar-refractivity contribution in [1.29, 1.82) is 0 Å². The summed E-state index contributed by atoms with van der Waals surface area (Å²) < 4.78 is 1.96. The average Bonchev–Trinajstić information content (AvgIpc) is 2.38. The van der Waals surface area contributed by atoms with Crippen molar-refractivity contribution in [3.63, 3.8) is 0 Å². The minimum absolute atomic E-state index is 0.0394. The van der Waals surface area contributed by atoms with Crippen LogP contribution in [0.5, 0.6) is 5.75 Å². The summed E-state index contributed by atoms with van der Waals surface area (Å²) in [7, 11) is 0. The molecule has 2 nitrogen and oxygen atoms in total. The molecule has 1 heterocycles. The fourth-order valence-electron chi connectivity index (χ4n) is 1.41. The van der Waals surface area contributed by atoms with E-state index in [-0.39, 0.29) is 5.75 Å². The molecule has 17 heavy (non-hydrogen) atoms. The van der Waals surface area contributed by atoms with Crippen LogP contribution >= 0.6 is 0 Å². The fraction of sp³-hybridized carbons (Fsp3) is 0. The molecule has 0 aliphatic carbocycles. The van der Waals surface area contributed by atoms with Gasteiger partial charge >= 0.3 is 0 Å². The van der Waals surface area contributed by atoms with E-state index in [2.05, 4.69) is 0 Å². The van der Waals surface area contributed by atoms with Crippen LogP contribution in [0.15, 0.2) is 67.0 Å². The fourth-order valence-corrected chi connectivity index (χ4v) is 1.41. The maximum Gasteiger partial charge on any atom is 0.174 e. The van der Waals surface area contributed by atoms with Crippen molar-refractivity contribution < 1.29 is 9.67 Å². The van der Waals surface area contributed by atoms with Crippen LogP contribution in [0, 0.1) is 0 Å². The maximum absolute atomic E-state index is 10.9. The quantitative estimate of drug-likeness (QED) is 0.579. The summed E-state index contributed by atoms with van der Waals surface area (Å²) in [5.74, 6) is 0.0394. The summed E-state index contributed by atoms with van der Waals surface area (Å²) in [5.41, 5.74) is 1.02. The van der Waals surface area contributed by atoms with Crippen LogP contribution in [0.25, 0.3) is 12.3 Å². The summed E-state index contributed by atoms with van der Waals surface area (Å²) >= 11 is 0. The highest BCUT2D eigenvalue weighted by Crippen LogP contribution is 2.07. The van der Waals surface area contributed by atoms with Crippen LogP contribution in [0.3, 0.4) is 0 Å². The summed E-state index contributed by atoms with van der Waals surface area (Å²) in [6, 6.07) is 12.7. The van der Waals surface area contributed by atoms with Gasteiger partial charge in [-0.15, -0.1) is 5.75 Å². The van der Waals surface area contributed by atoms with Crippen molar-refractivity contribution in [2.24, 2.45) is 0 Å². The molecule has 2 rings (SSSR count). The highest BCUT2D eigenvalue weighted by molar-refractivity contribution is 5.52. The molecule has 0 saturated heterocycles. The molecule has 2 aromatic rings. The molecule has 0 spiro atoms. The molecule has 0 amide bonds. The van der Waals surface area contributed by atoms with Crippen molar-refractivity contribution >= 4 is 12.3 Å². The molecule has 0 saturated carbocycles. The Morgan fingerprint density at radius 2 is 1.59 bits per heavy atom. The predicted molar refractivity (Wildman–Crippen MR) is 66.9 cm³/mol. The lowest BCUT2D eigenvalue weighted by molar-refractivity contribution is -0.568. The van der Waals surface area contributed by atoms with Crippen LogP contribution in [-0.4, -0.2) is 0 Å². The molecule has 0 bridgehead atoms. The number of rotatable bonds is 3. The Labute approximate surface area is 101 Å². The van der Waals surface area contributed by atoms with Gasteiger partial charge in [-0.3, -0.25) is 0 Å². The zero-order valence-corrected chi connectivity index (χ0v) is 9.36. The molecule has 0 unspecified atom stereocenters. The number of benzene rings is 1. The molecule has 2 heteroatoms. The number of hydrogen-bond donors (Lipinski definition) is 0. The normalized spacial score (nSPS) is 11.3. The van der Waals surface area contributed by atoms with Gasteiger partial charge in [-0.2, -0.15) is 4.57 Å². The molecule has 0 aliphatic rings. The average molecular weight is 223 g/mol. The van der Waals surface area contributed by atoms with Gasteiger partial charge in [0.15, 0.2) is 18.6 Å². The van der Waals surface area contributed by atoms with E-state index in [4.69, 9.17) is 0 Å². The topological polar surface area (TPSA) is 26.9 Å². The first kappa shape index (κ1) is 11.1. The highest BCUT2D eigenvalue weighted by Gasteiger charge is 1.87. The molecule has 84 valence electrons. The standard InChI is InChI=1S/C15H13NO/c17-15-9-7-14(8-10-15)6-2-5-13-16-11-3-1-4-12-16/h1-13H/b6-2+,13-5+. The third-order valence-corrected chi connectivity index (χ3v) is 2.28. The van der Waals surface area contributed by atoms with Crippen molar-refractivity contribution in [3.05, 3.63) is 72.6 Å². The maximum atomic E-state index is 10.9. The molecule has 0 fully saturated rings. The third-order valence-electron chi connectivity index (χ3n) is 2.28. The summed E-state index contributed by atoms with van der Waals surface area (Å²) in [6.07, 6.45) is 11.7. The second-order valence-electron chi connectivity index (χ2n) is 3.59. The van der Waals surface area contributed by atoms with E-state index < -0.39 is 0 Å². The molecule has 0 atom stereocenters. The first-order valence-corrected chi connectivity index (χ1v) is 5.42. The lowest BCUT2D eigenvalue weighted by atomic mass is 10.2. The summed E-state index contributed by atoms with van der Waals surface area (Å²) in [6.45, 7) is 0. The Kier molecular flexibility index (Phi) is 3.71. The Balaban J connectivity index is 1.98. The number of hydrogen-bond acceptors (Lipinski definition) is 1. The van der Waals surface area contributed by atoms with Crippen LogP contribution < -0.4 is 9.67 Å². The molecular weight excluding hydrogens is 210 g/mol. The van der Waals surface area contributed by atoms with Gasteiger partial charge in [-0.05, 0) is 5.56 Å². The van der Waals surface area contributed by atoms with Crippen molar-refractivity contribution in [1.82, 2.24) is 0 Å². The molecule has 1 aromatic carbocycles. The number of pyridine rings is 1. The van der Waals surface area contributed by atoms with E-state index in [1.165, 1.54) is 0 Å². The first-order chi connectivity index (χ1) is 8.34. The van der Waals surface area contributed by atoms with Gasteiger partial charge in [0.2, 0.25) is 0 Å². The smallest absolute Gasteiger partial charge is 0.174 e. The SMILES string of the molecule is [O-]c1ccc(/C=C/C=C/[n+]2ccccc2)cc1. The number of nitrogens with zero attached hydrogens (tertiary/aromatic N) is 1. The van der Waals surface area contributed by atoms with Gasteiger partial charge in [-0.25, -0.2) is 0 Å². The molecular formula is C15H13NO. The Morgan fingerprint density at radius 1 is 0.882 bits per heavy atom. The number of aromatic nitrogens is 1. The first-order valence-electron chi connectivity index (χ1n) is 5.42. The Bertz CT molecular complexity index is 512. The zero-order valence-electron chi connectivity index (χ0n) is 9.36. The second-order valence-corrected chi connectivity index (χ2v) is 3.59. The van der Waals surface area contributed by atoms with Gasteiger partial charge in [-0.1, -0.05) is 42.5 Å². The van der Waals surface area contributed by atoms with Gasteiger partial charge in [0.1, 0.15) is 0 Å². The predicted octanol–water partition coefficient (Wildman–Crippen LogP) is 2.23. The van der Waals surface area contributed by atoms with Gasteiger partial charge < -0.3 is 5.11 Å². The Hall–Kier alpha value is -2.35. The summed E-state index contributed by atoms with van der Waals surface area (Å²) in [4.78, 5) is 0. The summed E-state index contributed by atoms with van der Waals surface area (Å²) in [5, 5.41) is 10.9. The lowest BCUT2D eigenvalue weighted by Gasteiger charge is -2.02. The minimum atomic E-state index is 0.0394. The third kappa shape index (κ3) is 3.61. The van der Waals surface area contributed by atoms with Gasteiger partial charge in [0.05, 0.1) is 0 Å². The van der Waals surface area contributed by atoms with Gasteiger partial charge in [0.25, 0.3) is 0 Å². The highest BCUT2D eigenvalue weighted by atomic mass is 16.3. The Morgan fingerprint density at radius 3 is 2.29 bits per heavy atom. The van der Waals surface area contributed by atoms with Crippen LogP contribution in [0.4, 0.5) is 0 Å². The van der Waals surface area contributed by atoms with E-state index in [0.717, 1.165) is 5.56 Å². The van der Waals surface area contributed by atoms with E-state index >= 15 is 0 Å².